The number of nitrogens with one attached hydrogen (secondary N) is 1. The van der Waals surface area contributed by atoms with Crippen molar-refractivity contribution < 1.29 is 13.2 Å². The van der Waals surface area contributed by atoms with E-state index < -0.39 is 34.7 Å². The molecule has 1 saturated carbocycles. The third kappa shape index (κ3) is 3.74. The molecule has 34 heavy (non-hydrogen) atoms. The van der Waals surface area contributed by atoms with E-state index >= 15 is 0 Å². The Balaban J connectivity index is 1.72. The van der Waals surface area contributed by atoms with Gasteiger partial charge in [-0.3, -0.25) is 32.6 Å². The highest BCUT2D eigenvalue weighted by atomic mass is 32.2. The van der Waals surface area contributed by atoms with E-state index in [4.69, 9.17) is 0 Å². The molecule has 4 aromatic rings. The number of aromatic nitrogens is 7. The first-order valence-corrected chi connectivity index (χ1v) is 11.5. The van der Waals surface area contributed by atoms with Gasteiger partial charge in [-0.05, 0) is 31.0 Å². The van der Waals surface area contributed by atoms with Crippen molar-refractivity contribution in [3.05, 3.63) is 69.1 Å². The van der Waals surface area contributed by atoms with Crippen LogP contribution in [0.5, 0.6) is 0 Å². The lowest BCUT2D eigenvalue weighted by atomic mass is 10.2. The zero-order valence-electron chi connectivity index (χ0n) is 18.1. The lowest BCUT2D eigenvalue weighted by molar-refractivity contribution is 0.413. The van der Waals surface area contributed by atoms with Gasteiger partial charge in [-0.15, -0.1) is 0 Å². The summed E-state index contributed by atoms with van der Waals surface area (Å²) in [5.41, 5.74) is -1.03. The van der Waals surface area contributed by atoms with Crippen LogP contribution in [0.25, 0.3) is 10.9 Å². The number of fused-ring (bicyclic) bond motifs is 1. The highest BCUT2D eigenvalue weighted by molar-refractivity contribution is 7.80. The fourth-order valence-corrected chi connectivity index (χ4v) is 4.94. The zero-order valence-corrected chi connectivity index (χ0v) is 18.9. The number of hydrogen-bond donors (Lipinski definition) is 2. The third-order valence-corrected chi connectivity index (χ3v) is 6.89. The first kappa shape index (κ1) is 22.2. The van der Waals surface area contributed by atoms with Crippen molar-refractivity contribution in [3.8, 4) is 0 Å². The van der Waals surface area contributed by atoms with Gasteiger partial charge in [-0.25, -0.2) is 18.4 Å². The van der Waals surface area contributed by atoms with Gasteiger partial charge in [0.25, 0.3) is 16.8 Å². The summed E-state index contributed by atoms with van der Waals surface area (Å²) in [4.78, 5) is 30.9. The third-order valence-electron chi connectivity index (χ3n) is 5.98. The summed E-state index contributed by atoms with van der Waals surface area (Å²) in [6.45, 7) is -0.800. The molecule has 0 radical (unpaired) electrons. The summed E-state index contributed by atoms with van der Waals surface area (Å²) in [6.07, 6.45) is 5.41. The van der Waals surface area contributed by atoms with Crippen molar-refractivity contribution in [2.45, 2.75) is 31.5 Å². The van der Waals surface area contributed by atoms with Gasteiger partial charge in [0.2, 0.25) is 0 Å². The topological polar surface area (TPSA) is 144 Å². The molecule has 3 heterocycles. The van der Waals surface area contributed by atoms with E-state index in [1.54, 1.807) is 24.1 Å². The molecule has 1 fully saturated rings. The second-order valence-electron chi connectivity index (χ2n) is 8.30. The minimum Gasteiger partial charge on any atom is -0.289 e. The summed E-state index contributed by atoms with van der Waals surface area (Å²) < 4.78 is 40.8. The Kier molecular flexibility index (Phi) is 5.40. The van der Waals surface area contributed by atoms with E-state index in [9.17, 15) is 22.7 Å². The number of hydrogen-bond acceptors (Lipinski definition) is 6. The molecule has 0 spiro atoms. The number of aryl methyl sites for hydroxylation is 1. The van der Waals surface area contributed by atoms with Gasteiger partial charge in [0.05, 0.1) is 41.4 Å². The first-order valence-electron chi connectivity index (χ1n) is 10.4. The van der Waals surface area contributed by atoms with E-state index in [0.717, 1.165) is 8.87 Å². The molecule has 1 aliphatic carbocycles. The molecule has 1 atom stereocenters. The Morgan fingerprint density at radius 3 is 2.65 bits per heavy atom. The largest absolute Gasteiger partial charge is 0.332 e. The highest BCUT2D eigenvalue weighted by Gasteiger charge is 2.51. The summed E-state index contributed by atoms with van der Waals surface area (Å²) in [6, 6.07) is 4.46. The van der Waals surface area contributed by atoms with Crippen molar-refractivity contribution in [3.63, 3.8) is 0 Å². The number of aromatic amines is 1. The number of rotatable bonds is 8. The van der Waals surface area contributed by atoms with Gasteiger partial charge >= 0.3 is 5.69 Å². The highest BCUT2D eigenvalue weighted by Crippen LogP contribution is 2.45. The molecule has 5 rings (SSSR count). The summed E-state index contributed by atoms with van der Waals surface area (Å²) in [7, 11) is 1.73. The number of alkyl halides is 1. The Hall–Kier alpha value is -3.65. The quantitative estimate of drug-likeness (QED) is 0.345. The number of nitrogens with zero attached hydrogens (tertiary/aromatic N) is 7. The molecule has 0 bridgehead atoms. The molecule has 0 amide bonds. The van der Waals surface area contributed by atoms with Gasteiger partial charge in [0.1, 0.15) is 18.8 Å². The van der Waals surface area contributed by atoms with Gasteiger partial charge in [-0.2, -0.15) is 10.2 Å². The van der Waals surface area contributed by atoms with Crippen LogP contribution in [0, 0.1) is 0 Å². The average Bonchev–Trinajstić information content (AvgIpc) is 3.20. The van der Waals surface area contributed by atoms with Crippen LogP contribution in [-0.2, 0) is 31.4 Å². The molecule has 12 nitrogen and oxygen atoms in total. The van der Waals surface area contributed by atoms with Gasteiger partial charge in [0.15, 0.2) is 0 Å². The smallest absolute Gasteiger partial charge is 0.289 e. The second-order valence-corrected chi connectivity index (χ2v) is 9.13. The molecule has 0 saturated heterocycles. The maximum atomic E-state index is 13.7. The number of anilines is 1. The first-order chi connectivity index (χ1) is 16.3. The van der Waals surface area contributed by atoms with Crippen LogP contribution in [-0.4, -0.2) is 55.1 Å². The molecule has 14 heteroatoms. The van der Waals surface area contributed by atoms with Crippen molar-refractivity contribution in [1.29, 1.82) is 0 Å². The summed E-state index contributed by atoms with van der Waals surface area (Å²) in [5, 5.41) is 10.7. The van der Waals surface area contributed by atoms with E-state index in [2.05, 4.69) is 20.3 Å². The molecule has 178 valence electrons. The number of H-pyrrole nitrogens is 1. The monoisotopic (exact) mass is 488 g/mol. The number of halogens is 1. The van der Waals surface area contributed by atoms with E-state index in [0.29, 0.717) is 29.7 Å². The van der Waals surface area contributed by atoms with Crippen molar-refractivity contribution in [2.75, 3.05) is 11.0 Å². The van der Waals surface area contributed by atoms with E-state index in [1.807, 2.05) is 0 Å². The summed E-state index contributed by atoms with van der Waals surface area (Å²) >= 11 is -2.50. The van der Waals surface area contributed by atoms with Crippen LogP contribution in [0.15, 0.2) is 46.5 Å². The lowest BCUT2D eigenvalue weighted by Crippen LogP contribution is -2.42. The van der Waals surface area contributed by atoms with E-state index in [-0.39, 0.29) is 24.2 Å². The lowest BCUT2D eigenvalue weighted by Gasteiger charge is -2.28. The van der Waals surface area contributed by atoms with Crippen LogP contribution in [0.3, 0.4) is 0 Å². The fourth-order valence-electron chi connectivity index (χ4n) is 4.09. The zero-order chi connectivity index (χ0) is 24.0. The Morgan fingerprint density at radius 2 is 2.06 bits per heavy atom. The molecule has 1 unspecified atom stereocenters. The van der Waals surface area contributed by atoms with E-state index in [1.165, 1.54) is 29.1 Å². The molecule has 3 aromatic heterocycles. The van der Waals surface area contributed by atoms with Gasteiger partial charge in [-0.1, -0.05) is 0 Å². The fraction of sp³-hybridized carbons (Fsp3) is 0.350. The molecule has 0 aliphatic heterocycles. The average molecular weight is 489 g/mol. The number of benzene rings is 1. The SMILES string of the molecule is Cn1cc(Cn2c(=O)c3cc(N(S(=O)O)C4(CF)CC4)ccc3n(Cc3ncn[nH]3)c2=O)cn1. The molecular weight excluding hydrogens is 467 g/mol. The molecule has 1 aromatic carbocycles. The van der Waals surface area contributed by atoms with Crippen LogP contribution < -0.4 is 15.6 Å². The second kappa shape index (κ2) is 8.29. The standard InChI is InChI=1S/C20H21FN8O4S/c1-26-8-13(7-24-26)9-28-18(30)15-6-14(29(34(32)33)20(11-21)4-5-20)2-3-16(15)27(19(28)31)10-17-22-12-23-25-17/h2-3,6-8,12H,4-5,9-11H2,1H3,(H,32,33)(H,22,23,25). The van der Waals surface area contributed by atoms with Crippen molar-refractivity contribution in [2.24, 2.45) is 7.05 Å². The normalized spacial score (nSPS) is 15.5. The molecule has 2 N–H and O–H groups in total. The molecule has 1 aliphatic rings. The molecular formula is C20H21FN8O4S. The van der Waals surface area contributed by atoms with Gasteiger partial charge < -0.3 is 0 Å². The van der Waals surface area contributed by atoms with Gasteiger partial charge in [0, 0.05) is 18.8 Å². The van der Waals surface area contributed by atoms with Crippen molar-refractivity contribution in [1.82, 2.24) is 34.1 Å². The van der Waals surface area contributed by atoms with Crippen LogP contribution in [0.1, 0.15) is 24.2 Å². The Bertz CT molecular complexity index is 1510. The minimum absolute atomic E-state index is 0.0199. The van der Waals surface area contributed by atoms with Crippen molar-refractivity contribution >= 4 is 27.9 Å². The Morgan fingerprint density at radius 1 is 1.26 bits per heavy atom. The summed E-state index contributed by atoms with van der Waals surface area (Å²) in [5.74, 6) is 0.409. The maximum Gasteiger partial charge on any atom is 0.332 e. The predicted molar refractivity (Wildman–Crippen MR) is 121 cm³/mol. The Labute approximate surface area is 194 Å². The minimum atomic E-state index is -2.50. The maximum absolute atomic E-state index is 13.7. The van der Waals surface area contributed by atoms with Crippen LogP contribution >= 0.6 is 0 Å². The predicted octanol–water partition coefficient (Wildman–Crippen LogP) is 0.557. The van der Waals surface area contributed by atoms with Crippen LogP contribution in [0.2, 0.25) is 0 Å². The van der Waals surface area contributed by atoms with Crippen LogP contribution in [0.4, 0.5) is 10.1 Å².